The molecule has 2 aliphatic carbocycles. The highest BCUT2D eigenvalue weighted by Crippen LogP contribution is 2.54. The van der Waals surface area contributed by atoms with E-state index in [1.807, 2.05) is 0 Å². The minimum Gasteiger partial charge on any atom is -0.309 e. The minimum absolute atomic E-state index is 0.959. The first-order valence-corrected chi connectivity index (χ1v) is 34.5. The Morgan fingerprint density at radius 2 is 0.649 bits per heavy atom. The lowest BCUT2D eigenvalue weighted by molar-refractivity contribution is 0.686. The maximum absolute atomic E-state index is 2.73. The van der Waals surface area contributed by atoms with Crippen LogP contribution in [-0.2, 0) is 38.5 Å². The van der Waals surface area contributed by atoms with Crippen molar-refractivity contribution in [3.63, 3.8) is 0 Å². The first-order valence-electron chi connectivity index (χ1n) is 34.5. The van der Waals surface area contributed by atoms with Gasteiger partial charge in [0.1, 0.15) is 0 Å². The van der Waals surface area contributed by atoms with Gasteiger partial charge in [0.05, 0.1) is 44.8 Å². The molecule has 2 aliphatic rings. The molecule has 0 spiro atoms. The predicted molar refractivity (Wildman–Crippen MR) is 400 cm³/mol. The highest BCUT2D eigenvalue weighted by Gasteiger charge is 2.31. The molecule has 4 nitrogen and oxygen atoms in total. The van der Waals surface area contributed by atoms with Crippen LogP contribution in [0.4, 0.5) is 34.1 Å². The van der Waals surface area contributed by atoms with Gasteiger partial charge in [0.2, 0.25) is 0 Å². The second-order valence-corrected chi connectivity index (χ2v) is 26.5. The van der Waals surface area contributed by atoms with E-state index in [4.69, 9.17) is 0 Å². The molecule has 2 aromatic heterocycles. The van der Waals surface area contributed by atoms with Crippen LogP contribution in [0.25, 0.3) is 110 Å². The zero-order valence-electron chi connectivity index (χ0n) is 53.7. The third kappa shape index (κ3) is 9.01. The van der Waals surface area contributed by atoms with Crippen LogP contribution in [-0.4, -0.2) is 9.13 Å². The van der Waals surface area contributed by atoms with Crippen LogP contribution in [0.2, 0.25) is 0 Å². The molecular formula is C90H74N4. The van der Waals surface area contributed by atoms with Crippen LogP contribution in [0, 0.1) is 0 Å². The van der Waals surface area contributed by atoms with Crippen LogP contribution < -0.4 is 9.80 Å². The Labute approximate surface area is 550 Å². The maximum atomic E-state index is 2.73. The molecule has 0 atom stereocenters. The Balaban J connectivity index is 0.925. The number of aryl methyl sites for hydroxylation is 4. The summed E-state index contributed by atoms with van der Waals surface area (Å²) in [6.07, 6.45) is 13.1. The Morgan fingerprint density at radius 3 is 1.11 bits per heavy atom. The maximum Gasteiger partial charge on any atom is 0.0562 e. The van der Waals surface area contributed by atoms with E-state index in [1.54, 1.807) is 0 Å². The van der Waals surface area contributed by atoms with Gasteiger partial charge in [-0.05, 0) is 226 Å². The van der Waals surface area contributed by atoms with E-state index in [9.17, 15) is 0 Å². The first kappa shape index (κ1) is 56.1. The summed E-state index contributed by atoms with van der Waals surface area (Å²) in [7, 11) is 0. The van der Waals surface area contributed by atoms with Crippen molar-refractivity contribution in [2.45, 2.75) is 90.9 Å². The molecule has 2 heterocycles. The highest BCUT2D eigenvalue weighted by atomic mass is 15.2. The molecule has 0 unspecified atom stereocenters. The van der Waals surface area contributed by atoms with Crippen LogP contribution in [0.1, 0.15) is 85.8 Å². The fourth-order valence-electron chi connectivity index (χ4n) is 17.0. The van der Waals surface area contributed by atoms with Crippen molar-refractivity contribution in [3.8, 4) is 33.6 Å². The van der Waals surface area contributed by atoms with Gasteiger partial charge in [-0.1, -0.05) is 209 Å². The van der Waals surface area contributed by atoms with E-state index in [1.165, 1.54) is 191 Å². The van der Waals surface area contributed by atoms with Crippen molar-refractivity contribution >= 4 is 110 Å². The molecule has 0 N–H and O–H groups in total. The van der Waals surface area contributed by atoms with Gasteiger partial charge in [-0.2, -0.15) is 0 Å². The van der Waals surface area contributed by atoms with Gasteiger partial charge in [0.15, 0.2) is 0 Å². The zero-order chi connectivity index (χ0) is 62.4. The number of anilines is 6. The Kier molecular flexibility index (Phi) is 13.8. The van der Waals surface area contributed by atoms with E-state index < -0.39 is 0 Å². The van der Waals surface area contributed by atoms with Crippen molar-refractivity contribution < 1.29 is 0 Å². The van der Waals surface area contributed by atoms with Crippen molar-refractivity contribution in [1.29, 1.82) is 0 Å². The van der Waals surface area contributed by atoms with E-state index in [0.717, 1.165) is 62.7 Å². The molecule has 0 saturated heterocycles. The van der Waals surface area contributed by atoms with Gasteiger partial charge in [0.25, 0.3) is 0 Å². The summed E-state index contributed by atoms with van der Waals surface area (Å²) < 4.78 is 5.03. The average Bonchev–Trinajstić information content (AvgIpc) is 1.03. The van der Waals surface area contributed by atoms with Crippen molar-refractivity contribution in [1.82, 2.24) is 9.13 Å². The lowest BCUT2D eigenvalue weighted by Crippen LogP contribution is -2.17. The van der Waals surface area contributed by atoms with Gasteiger partial charge in [-0.15, -0.1) is 0 Å². The van der Waals surface area contributed by atoms with E-state index >= 15 is 0 Å². The van der Waals surface area contributed by atoms with E-state index in [0.29, 0.717) is 0 Å². The van der Waals surface area contributed by atoms with Crippen LogP contribution in [0.3, 0.4) is 0 Å². The summed E-state index contributed by atoms with van der Waals surface area (Å²) in [4.78, 5) is 5.47. The molecule has 4 heteroatoms. The second-order valence-electron chi connectivity index (χ2n) is 26.5. The molecule has 0 aliphatic heterocycles. The van der Waals surface area contributed by atoms with E-state index in [2.05, 4.69) is 300 Å². The molecule has 0 saturated carbocycles. The summed E-state index contributed by atoms with van der Waals surface area (Å²) in [5.41, 5.74) is 28.1. The number of para-hydroxylation sites is 2. The number of benzene rings is 14. The highest BCUT2D eigenvalue weighted by molar-refractivity contribution is 6.30. The van der Waals surface area contributed by atoms with Gasteiger partial charge < -0.3 is 18.9 Å². The Morgan fingerprint density at radius 1 is 0.277 bits per heavy atom. The van der Waals surface area contributed by atoms with Gasteiger partial charge >= 0.3 is 0 Å². The number of hydrogen-bond donors (Lipinski definition) is 0. The predicted octanol–water partition coefficient (Wildman–Crippen LogP) is 24.7. The summed E-state index contributed by atoms with van der Waals surface area (Å²) in [6.45, 7) is 4.72. The molecule has 0 fully saturated rings. The minimum atomic E-state index is 0.959. The number of rotatable bonds is 14. The summed E-state index contributed by atoms with van der Waals surface area (Å²) in [5.74, 6) is 0. The fraction of sp³-hybridized carbons (Fsp3) is 0.156. The third-order valence-corrected chi connectivity index (χ3v) is 21.0. The zero-order valence-corrected chi connectivity index (χ0v) is 53.7. The molecule has 94 heavy (non-hydrogen) atoms. The second kappa shape index (κ2) is 23.2. The van der Waals surface area contributed by atoms with Crippen LogP contribution >= 0.6 is 0 Å². The molecule has 454 valence electrons. The molecular weight excluding hydrogens is 1140 g/mol. The molecule has 0 bridgehead atoms. The van der Waals surface area contributed by atoms with Crippen molar-refractivity contribution in [2.75, 3.05) is 9.80 Å². The van der Waals surface area contributed by atoms with Crippen LogP contribution in [0.15, 0.2) is 267 Å². The summed E-state index contributed by atoms with van der Waals surface area (Å²) in [6, 6.07) is 102. The lowest BCUT2D eigenvalue weighted by atomic mass is 9.85. The number of fused-ring (bicyclic) bond motifs is 8. The monoisotopic (exact) mass is 1210 g/mol. The largest absolute Gasteiger partial charge is 0.309 e. The first-order chi connectivity index (χ1) is 46.6. The number of hydrogen-bond acceptors (Lipinski definition) is 2. The van der Waals surface area contributed by atoms with Gasteiger partial charge in [-0.3, -0.25) is 0 Å². The van der Waals surface area contributed by atoms with Gasteiger partial charge in [0, 0.05) is 55.1 Å². The van der Waals surface area contributed by atoms with E-state index in [-0.39, 0.29) is 0 Å². The normalized spacial score (nSPS) is 13.3. The molecule has 0 amide bonds. The standard InChI is InChI=1S/C90H74N4/c1-3-25-65-57-85(93(77-45-21-33-61-31-11-13-39-69(61)77)83-49-23-47-81-89(83)73-41-15-17-43-79(73)91(81)67-37-19-35-63(55-67)59-27-7-5-8-28-59)75-54-52-72-66(26-4-2)58-86(76-53-51-71(65)87(75)88(72)76)94(78-46-22-34-62-32-12-14-40-70(62)78)84-50-24-48-82-90(84)74-42-16-18-44-80(74)92(82)68-38-20-36-64(56-68)60-29-9-6-10-30-60/h5-10,15-24,27-30,33-38,41-58H,3-4,11-14,25-26,31-32,39-40H2,1-2H3. The quantitative estimate of drug-likeness (QED) is 0.101. The Bertz CT molecular complexity index is 5260. The summed E-state index contributed by atoms with van der Waals surface area (Å²) >= 11 is 0. The molecule has 18 rings (SSSR count). The van der Waals surface area contributed by atoms with Gasteiger partial charge in [-0.25, -0.2) is 0 Å². The van der Waals surface area contributed by atoms with Crippen LogP contribution in [0.5, 0.6) is 0 Å². The third-order valence-electron chi connectivity index (χ3n) is 21.0. The molecule has 16 aromatic rings. The van der Waals surface area contributed by atoms with Crippen molar-refractivity contribution in [2.24, 2.45) is 0 Å². The summed E-state index contributed by atoms with van der Waals surface area (Å²) in [5, 5.41) is 13.0. The molecule has 14 aromatic carbocycles. The Hall–Kier alpha value is -10.7. The number of nitrogens with zero attached hydrogens (tertiary/aromatic N) is 4. The molecule has 0 radical (unpaired) electrons. The van der Waals surface area contributed by atoms with Crippen molar-refractivity contribution in [3.05, 3.63) is 300 Å². The number of aromatic nitrogens is 2. The SMILES string of the molecule is CCCc1cc(N(c2cccc3c2CCCC3)c2cccc3c2c2ccccc2n3-c2cccc(-c3ccccc3)c2)c2ccc3c(CCC)cc(N(c4cccc5c4CCCC5)c4cccc5c4c4ccccc4n5-c4cccc(-c5ccccc5)c4)c4ccc1c2c34. The topological polar surface area (TPSA) is 16.3 Å². The lowest BCUT2D eigenvalue weighted by Gasteiger charge is -2.34. The average molecular weight is 1210 g/mol. The smallest absolute Gasteiger partial charge is 0.0562 e. The fourth-order valence-corrected chi connectivity index (χ4v) is 17.0.